The highest BCUT2D eigenvalue weighted by Crippen LogP contribution is 2.32. The minimum absolute atomic E-state index is 0.154. The maximum Gasteiger partial charge on any atom is 0.247 e. The van der Waals surface area contributed by atoms with Gasteiger partial charge in [0.1, 0.15) is 6.04 Å². The molecule has 0 bridgehead atoms. The molecule has 0 radical (unpaired) electrons. The molecule has 0 spiro atoms. The molecule has 4 aromatic rings. The van der Waals surface area contributed by atoms with E-state index in [-0.39, 0.29) is 38.1 Å². The van der Waals surface area contributed by atoms with Gasteiger partial charge < -0.3 is 19.7 Å². The molecule has 7 heteroatoms. The van der Waals surface area contributed by atoms with E-state index in [9.17, 15) is 9.59 Å². The summed E-state index contributed by atoms with van der Waals surface area (Å²) < 4.78 is 10.9. The standard InChI is InChI=1S/C31H27ClN2O4/c32-26-14-11-23(12-15-26)20-34(29(35)18-22-7-3-1-4-8-22)30(25-9-5-2-6-10-25)31(36)33-19-24-13-16-27-28(17-24)38-21-37-27/h1-17,30H,18-21H2,(H,33,36)/t30-/m0/s1. The van der Waals surface area contributed by atoms with Crippen molar-refractivity contribution in [3.63, 3.8) is 0 Å². The molecule has 0 aromatic heterocycles. The number of nitrogens with zero attached hydrogens (tertiary/aromatic N) is 1. The third-order valence-electron chi connectivity index (χ3n) is 6.36. The molecule has 0 saturated heterocycles. The first-order valence-electron chi connectivity index (χ1n) is 12.4. The zero-order valence-electron chi connectivity index (χ0n) is 20.7. The Balaban J connectivity index is 1.44. The van der Waals surface area contributed by atoms with Crippen molar-refractivity contribution < 1.29 is 19.1 Å². The fraction of sp³-hybridized carbons (Fsp3) is 0.161. The minimum Gasteiger partial charge on any atom is -0.454 e. The SMILES string of the molecule is O=C(NCc1ccc2c(c1)OCO2)[C@H](c1ccccc1)N(Cc1ccc(Cl)cc1)C(=O)Cc1ccccc1. The van der Waals surface area contributed by atoms with Gasteiger partial charge in [-0.1, -0.05) is 90.5 Å². The Labute approximate surface area is 226 Å². The van der Waals surface area contributed by atoms with Crippen molar-refractivity contribution in [2.45, 2.75) is 25.6 Å². The van der Waals surface area contributed by atoms with Crippen LogP contribution in [0.2, 0.25) is 5.02 Å². The lowest BCUT2D eigenvalue weighted by atomic mass is 10.0. The lowest BCUT2D eigenvalue weighted by Gasteiger charge is -2.32. The second kappa shape index (κ2) is 11.8. The fourth-order valence-electron chi connectivity index (χ4n) is 4.43. The van der Waals surface area contributed by atoms with Gasteiger partial charge in [0.2, 0.25) is 18.6 Å². The van der Waals surface area contributed by atoms with Gasteiger partial charge in [-0.3, -0.25) is 9.59 Å². The molecule has 2 amide bonds. The van der Waals surface area contributed by atoms with E-state index in [4.69, 9.17) is 21.1 Å². The van der Waals surface area contributed by atoms with E-state index in [1.165, 1.54) is 0 Å². The summed E-state index contributed by atoms with van der Waals surface area (Å²) in [6.45, 7) is 0.713. The summed E-state index contributed by atoms with van der Waals surface area (Å²) in [4.78, 5) is 29.2. The molecule has 192 valence electrons. The van der Waals surface area contributed by atoms with Crippen LogP contribution in [0.3, 0.4) is 0 Å². The summed E-state index contributed by atoms with van der Waals surface area (Å²) in [5, 5.41) is 3.64. The average molecular weight is 527 g/mol. The average Bonchev–Trinajstić information content (AvgIpc) is 3.42. The van der Waals surface area contributed by atoms with E-state index in [2.05, 4.69) is 5.32 Å². The van der Waals surface area contributed by atoms with Crippen LogP contribution in [0.25, 0.3) is 0 Å². The smallest absolute Gasteiger partial charge is 0.247 e. The number of fused-ring (bicyclic) bond motifs is 1. The molecule has 1 heterocycles. The van der Waals surface area contributed by atoms with Gasteiger partial charge in [0.15, 0.2) is 11.5 Å². The molecule has 1 aliphatic rings. The zero-order valence-corrected chi connectivity index (χ0v) is 21.4. The first kappa shape index (κ1) is 25.4. The summed E-state index contributed by atoms with van der Waals surface area (Å²) in [5.41, 5.74) is 3.35. The van der Waals surface area contributed by atoms with Gasteiger partial charge in [0.25, 0.3) is 0 Å². The molecule has 0 saturated carbocycles. The summed E-state index contributed by atoms with van der Waals surface area (Å²) in [5.74, 6) is 0.907. The summed E-state index contributed by atoms with van der Waals surface area (Å²) in [6, 6.07) is 31.0. The van der Waals surface area contributed by atoms with E-state index in [0.29, 0.717) is 16.5 Å². The summed E-state index contributed by atoms with van der Waals surface area (Å²) in [7, 11) is 0. The van der Waals surface area contributed by atoms with Crippen LogP contribution >= 0.6 is 11.6 Å². The normalized spacial score (nSPS) is 12.6. The topological polar surface area (TPSA) is 67.9 Å². The third-order valence-corrected chi connectivity index (χ3v) is 6.62. The Morgan fingerprint density at radius 3 is 2.18 bits per heavy atom. The van der Waals surface area contributed by atoms with E-state index < -0.39 is 6.04 Å². The highest BCUT2D eigenvalue weighted by molar-refractivity contribution is 6.30. The molecule has 38 heavy (non-hydrogen) atoms. The minimum atomic E-state index is -0.836. The summed E-state index contributed by atoms with van der Waals surface area (Å²) in [6.07, 6.45) is 0.174. The molecule has 0 unspecified atom stereocenters. The van der Waals surface area contributed by atoms with Crippen molar-refractivity contribution in [1.82, 2.24) is 10.2 Å². The van der Waals surface area contributed by atoms with Gasteiger partial charge in [-0.05, 0) is 46.5 Å². The van der Waals surface area contributed by atoms with Crippen LogP contribution < -0.4 is 14.8 Å². The largest absolute Gasteiger partial charge is 0.454 e. The van der Waals surface area contributed by atoms with Crippen LogP contribution in [0.4, 0.5) is 0 Å². The van der Waals surface area contributed by atoms with E-state index >= 15 is 0 Å². The molecule has 0 fully saturated rings. The molecule has 1 N–H and O–H groups in total. The van der Waals surface area contributed by atoms with Crippen LogP contribution in [0.1, 0.15) is 28.3 Å². The number of rotatable bonds is 9. The first-order chi connectivity index (χ1) is 18.6. The van der Waals surface area contributed by atoms with Crippen LogP contribution in [0.15, 0.2) is 103 Å². The van der Waals surface area contributed by atoms with Gasteiger partial charge in [-0.15, -0.1) is 0 Å². The van der Waals surface area contributed by atoms with E-state index in [1.807, 2.05) is 91.0 Å². The van der Waals surface area contributed by atoms with Crippen molar-refractivity contribution in [3.8, 4) is 11.5 Å². The molecular weight excluding hydrogens is 500 g/mol. The zero-order chi connectivity index (χ0) is 26.3. The Bertz CT molecular complexity index is 1390. The number of hydrogen-bond acceptors (Lipinski definition) is 4. The van der Waals surface area contributed by atoms with Gasteiger partial charge in [-0.25, -0.2) is 0 Å². The number of amides is 2. The van der Waals surface area contributed by atoms with Crippen LogP contribution in [-0.2, 0) is 29.1 Å². The van der Waals surface area contributed by atoms with Crippen molar-refractivity contribution in [2.24, 2.45) is 0 Å². The van der Waals surface area contributed by atoms with Gasteiger partial charge >= 0.3 is 0 Å². The third kappa shape index (κ3) is 6.15. The van der Waals surface area contributed by atoms with Crippen molar-refractivity contribution in [2.75, 3.05) is 6.79 Å². The molecule has 5 rings (SSSR count). The number of carbonyl (C=O) groups is 2. The van der Waals surface area contributed by atoms with Crippen LogP contribution in [-0.4, -0.2) is 23.5 Å². The second-order valence-corrected chi connectivity index (χ2v) is 9.47. The predicted octanol–water partition coefficient (Wildman–Crippen LogP) is 5.70. The number of nitrogens with one attached hydrogen (secondary N) is 1. The molecule has 1 aliphatic heterocycles. The Kier molecular flexibility index (Phi) is 7.90. The molecular formula is C31H27ClN2O4. The molecule has 0 aliphatic carbocycles. The van der Waals surface area contributed by atoms with Gasteiger partial charge in [0.05, 0.1) is 6.42 Å². The van der Waals surface area contributed by atoms with Gasteiger partial charge in [0, 0.05) is 18.1 Å². The molecule has 1 atom stereocenters. The number of hydrogen-bond donors (Lipinski definition) is 1. The molecule has 6 nitrogen and oxygen atoms in total. The van der Waals surface area contributed by atoms with E-state index in [1.54, 1.807) is 17.0 Å². The number of halogens is 1. The van der Waals surface area contributed by atoms with Crippen LogP contribution in [0, 0.1) is 0 Å². The van der Waals surface area contributed by atoms with Crippen molar-refractivity contribution in [1.29, 1.82) is 0 Å². The number of carbonyl (C=O) groups excluding carboxylic acids is 2. The van der Waals surface area contributed by atoms with Crippen molar-refractivity contribution >= 4 is 23.4 Å². The Morgan fingerprint density at radius 2 is 1.45 bits per heavy atom. The lowest BCUT2D eigenvalue weighted by molar-refractivity contribution is -0.141. The lowest BCUT2D eigenvalue weighted by Crippen LogP contribution is -2.43. The van der Waals surface area contributed by atoms with Gasteiger partial charge in [-0.2, -0.15) is 0 Å². The molecule has 4 aromatic carbocycles. The maximum atomic E-state index is 13.8. The van der Waals surface area contributed by atoms with Crippen LogP contribution in [0.5, 0.6) is 11.5 Å². The highest BCUT2D eigenvalue weighted by Gasteiger charge is 2.31. The van der Waals surface area contributed by atoms with E-state index in [0.717, 1.165) is 22.3 Å². The Hall–Kier alpha value is -4.29. The Morgan fingerprint density at radius 1 is 0.789 bits per heavy atom. The quantitative estimate of drug-likeness (QED) is 0.304. The second-order valence-electron chi connectivity index (χ2n) is 9.03. The summed E-state index contributed by atoms with van der Waals surface area (Å²) >= 11 is 6.10. The first-order valence-corrected chi connectivity index (χ1v) is 12.7. The number of benzene rings is 4. The number of ether oxygens (including phenoxy) is 2. The monoisotopic (exact) mass is 526 g/mol. The predicted molar refractivity (Wildman–Crippen MR) is 146 cm³/mol. The van der Waals surface area contributed by atoms with Crippen molar-refractivity contribution in [3.05, 3.63) is 130 Å². The maximum absolute atomic E-state index is 13.8. The fourth-order valence-corrected chi connectivity index (χ4v) is 4.55. The highest BCUT2D eigenvalue weighted by atomic mass is 35.5.